The van der Waals surface area contributed by atoms with E-state index in [4.69, 9.17) is 10.6 Å². The van der Waals surface area contributed by atoms with Gasteiger partial charge in [0.05, 0.1) is 6.54 Å². The van der Waals surface area contributed by atoms with Gasteiger partial charge in [-0.25, -0.2) is 9.78 Å². The lowest BCUT2D eigenvalue weighted by molar-refractivity contribution is -0.122. The van der Waals surface area contributed by atoms with E-state index >= 15 is 0 Å². The maximum absolute atomic E-state index is 12.3. The van der Waals surface area contributed by atoms with Crippen LogP contribution < -0.4 is 10.2 Å². The minimum Gasteiger partial charge on any atom is -0.465 e. The van der Waals surface area contributed by atoms with Crippen LogP contribution in [-0.4, -0.2) is 56.8 Å². The third-order valence-corrected chi connectivity index (χ3v) is 3.57. The average molecular weight is 372 g/mol. The molecule has 0 aliphatic carbocycles. The smallest absolute Gasteiger partial charge is 0.408 e. The Morgan fingerprint density at radius 1 is 1.55 bits per heavy atom. The van der Waals surface area contributed by atoms with E-state index < -0.39 is 30.2 Å². The molecule has 2 heterocycles. The molecular formula is C11H12BrN6O4+. The highest BCUT2D eigenvalue weighted by Gasteiger charge is 2.49. The van der Waals surface area contributed by atoms with Gasteiger partial charge < -0.3 is 15.5 Å². The maximum Gasteiger partial charge on any atom is 0.408 e. The summed E-state index contributed by atoms with van der Waals surface area (Å²) in [4.78, 5) is 31.0. The second-order valence-corrected chi connectivity index (χ2v) is 5.30. The van der Waals surface area contributed by atoms with Crippen LogP contribution in [0.5, 0.6) is 0 Å². The number of carbonyl (C=O) groups excluding carboxylic acids is 1. The van der Waals surface area contributed by atoms with Gasteiger partial charge in [0.2, 0.25) is 4.91 Å². The summed E-state index contributed by atoms with van der Waals surface area (Å²) in [5.74, 6) is -0.523. The molecule has 1 aliphatic rings. The Balaban J connectivity index is 2.21. The maximum atomic E-state index is 12.3. The van der Waals surface area contributed by atoms with Crippen LogP contribution in [0.4, 0.5) is 10.6 Å². The first kappa shape index (κ1) is 16.0. The Labute approximate surface area is 132 Å². The molecule has 4 N–H and O–H groups in total. The first-order valence-corrected chi connectivity index (χ1v) is 6.91. The van der Waals surface area contributed by atoms with E-state index in [0.29, 0.717) is 4.60 Å². The van der Waals surface area contributed by atoms with Crippen molar-refractivity contribution in [3.05, 3.63) is 22.8 Å². The van der Waals surface area contributed by atoms with E-state index in [9.17, 15) is 14.7 Å². The molecule has 0 saturated carbocycles. The van der Waals surface area contributed by atoms with Crippen LogP contribution in [0.1, 0.15) is 0 Å². The van der Waals surface area contributed by atoms with E-state index in [1.807, 2.05) is 0 Å². The molecule has 116 valence electrons. The molecule has 2 amide bonds. The predicted octanol–water partition coefficient (Wildman–Crippen LogP) is 0.425. The number of likely N-dealkylation sites (tertiary alicyclic amines) is 1. The van der Waals surface area contributed by atoms with Gasteiger partial charge in [0.25, 0.3) is 5.91 Å². The number of rotatable bonds is 3. The second-order valence-electron chi connectivity index (χ2n) is 4.49. The van der Waals surface area contributed by atoms with Gasteiger partial charge in [0, 0.05) is 0 Å². The van der Waals surface area contributed by atoms with Crippen LogP contribution in [0.25, 0.3) is 0 Å². The molecular weight excluding hydrogens is 360 g/mol. The number of hydrogen-bond acceptors (Lipinski definition) is 6. The highest BCUT2D eigenvalue weighted by atomic mass is 79.9. The average Bonchev–Trinajstić information content (AvgIpc) is 2.77. The van der Waals surface area contributed by atoms with Gasteiger partial charge in [-0.15, -0.1) is 0 Å². The number of nitrogens with one attached hydrogen (secondary N) is 2. The van der Waals surface area contributed by atoms with Gasteiger partial charge in [-0.05, 0) is 28.1 Å². The SMILES string of the molecule is N=[N+]=NC1CN(C(=O)O)C(C(=O)Nc2cccc(Br)n2)C1O. The van der Waals surface area contributed by atoms with Crippen molar-refractivity contribution < 1.29 is 19.8 Å². The Morgan fingerprint density at radius 2 is 2.27 bits per heavy atom. The highest BCUT2D eigenvalue weighted by molar-refractivity contribution is 9.10. The Morgan fingerprint density at radius 3 is 2.86 bits per heavy atom. The van der Waals surface area contributed by atoms with E-state index in [1.165, 1.54) is 6.07 Å². The molecule has 1 aromatic heterocycles. The number of pyridine rings is 1. The number of anilines is 1. The molecule has 11 heteroatoms. The third-order valence-electron chi connectivity index (χ3n) is 3.12. The zero-order valence-corrected chi connectivity index (χ0v) is 12.6. The fourth-order valence-electron chi connectivity index (χ4n) is 2.17. The van der Waals surface area contributed by atoms with Crippen LogP contribution >= 0.6 is 15.9 Å². The second kappa shape index (κ2) is 6.60. The molecule has 3 unspecified atom stereocenters. The summed E-state index contributed by atoms with van der Waals surface area (Å²) >= 11 is 3.15. The van der Waals surface area contributed by atoms with Crippen LogP contribution in [0, 0.1) is 5.53 Å². The quantitative estimate of drug-likeness (QED) is 0.344. The summed E-state index contributed by atoms with van der Waals surface area (Å²) in [6.07, 6.45) is -2.76. The van der Waals surface area contributed by atoms with Gasteiger partial charge >= 0.3 is 6.09 Å². The van der Waals surface area contributed by atoms with Crippen molar-refractivity contribution >= 4 is 33.7 Å². The van der Waals surface area contributed by atoms with Crippen molar-refractivity contribution in [3.8, 4) is 0 Å². The zero-order chi connectivity index (χ0) is 16.3. The van der Waals surface area contributed by atoms with E-state index in [2.05, 4.69) is 36.3 Å². The molecule has 0 radical (unpaired) electrons. The summed E-state index contributed by atoms with van der Waals surface area (Å²) in [5, 5.41) is 25.1. The largest absolute Gasteiger partial charge is 0.465 e. The minimum atomic E-state index is -1.39. The molecule has 1 aliphatic heterocycles. The fraction of sp³-hybridized carbons (Fsp3) is 0.364. The van der Waals surface area contributed by atoms with E-state index in [1.54, 1.807) is 12.1 Å². The minimum absolute atomic E-state index is 0.211. The molecule has 1 aromatic rings. The third kappa shape index (κ3) is 3.27. The van der Waals surface area contributed by atoms with Crippen molar-refractivity contribution in [3.63, 3.8) is 0 Å². The Hall–Kier alpha value is -2.36. The highest BCUT2D eigenvalue weighted by Crippen LogP contribution is 2.22. The van der Waals surface area contributed by atoms with Crippen molar-refractivity contribution in [2.75, 3.05) is 11.9 Å². The molecule has 3 atom stereocenters. The van der Waals surface area contributed by atoms with Crippen LogP contribution in [0.15, 0.2) is 27.9 Å². The molecule has 22 heavy (non-hydrogen) atoms. The van der Waals surface area contributed by atoms with Crippen LogP contribution in [0.3, 0.4) is 0 Å². The van der Waals surface area contributed by atoms with Gasteiger partial charge in [0.15, 0.2) is 6.04 Å². The summed E-state index contributed by atoms with van der Waals surface area (Å²) in [7, 11) is 0. The molecule has 1 saturated heterocycles. The van der Waals surface area contributed by atoms with Crippen molar-refractivity contribution in [1.82, 2.24) is 14.8 Å². The predicted molar refractivity (Wildman–Crippen MR) is 76.2 cm³/mol. The lowest BCUT2D eigenvalue weighted by Crippen LogP contribution is -2.47. The number of amides is 2. The molecule has 0 spiro atoms. The van der Waals surface area contributed by atoms with E-state index in [-0.39, 0.29) is 12.4 Å². The number of halogens is 1. The summed E-state index contributed by atoms with van der Waals surface area (Å²) in [5.41, 5.74) is 6.67. The number of carboxylic acid groups (broad SMARTS) is 1. The Bertz CT molecular complexity index is 649. The standard InChI is InChI=1S/C11H11BrN6O4/c12-6-2-1-3-7(14-6)15-10(20)8-9(19)5(16-17-13)4-18(8)11(21)22/h1-3,5,8-9,13,19H,4H2,(H-,14,15,20,21,22)/p+1. The molecule has 10 nitrogen and oxygen atoms in total. The molecule has 2 rings (SSSR count). The van der Waals surface area contributed by atoms with Gasteiger partial charge in [-0.1, -0.05) is 6.07 Å². The van der Waals surface area contributed by atoms with Gasteiger partial charge in [-0.3, -0.25) is 9.69 Å². The fourth-order valence-corrected chi connectivity index (χ4v) is 2.51. The van der Waals surface area contributed by atoms with E-state index in [0.717, 1.165) is 4.90 Å². The number of aliphatic hydroxyl groups is 1. The first-order valence-electron chi connectivity index (χ1n) is 6.11. The van der Waals surface area contributed by atoms with Crippen LogP contribution in [-0.2, 0) is 4.79 Å². The molecule has 0 bridgehead atoms. The summed E-state index contributed by atoms with van der Waals surface area (Å²) in [6.45, 7) is -0.219. The first-order chi connectivity index (χ1) is 10.4. The number of hydrogen-bond donors (Lipinski definition) is 4. The molecule has 1 fully saturated rings. The number of carbonyl (C=O) groups is 2. The van der Waals surface area contributed by atoms with Crippen LogP contribution in [0.2, 0.25) is 0 Å². The van der Waals surface area contributed by atoms with Crippen molar-refractivity contribution in [2.45, 2.75) is 18.2 Å². The lowest BCUT2D eigenvalue weighted by atomic mass is 10.1. The normalized spacial score (nSPS) is 23.7. The number of aromatic nitrogens is 1. The lowest BCUT2D eigenvalue weighted by Gasteiger charge is -2.21. The monoisotopic (exact) mass is 371 g/mol. The summed E-state index contributed by atoms with van der Waals surface area (Å²) in [6, 6.07) is 2.52. The topological polar surface area (TPSA) is 153 Å². The zero-order valence-electron chi connectivity index (χ0n) is 11.0. The Kier molecular flexibility index (Phi) is 4.81. The summed E-state index contributed by atoms with van der Waals surface area (Å²) < 4.78 is 0.494. The number of aliphatic hydroxyl groups excluding tert-OH is 1. The van der Waals surface area contributed by atoms with Gasteiger partial charge in [0.1, 0.15) is 33.2 Å². The molecule has 0 aromatic carbocycles. The number of nitrogens with zero attached hydrogens (tertiary/aromatic N) is 4. The van der Waals surface area contributed by atoms with Gasteiger partial charge in [-0.2, -0.15) is 0 Å². The van der Waals surface area contributed by atoms with Crippen molar-refractivity contribution in [2.24, 2.45) is 5.11 Å². The van der Waals surface area contributed by atoms with Crippen molar-refractivity contribution in [1.29, 1.82) is 5.53 Å².